The van der Waals surface area contributed by atoms with Crippen molar-refractivity contribution in [3.8, 4) is 0 Å². The first kappa shape index (κ1) is 16.6. The van der Waals surface area contributed by atoms with Crippen LogP contribution in [0.5, 0.6) is 0 Å². The van der Waals surface area contributed by atoms with Crippen LogP contribution >= 0.6 is 27.5 Å². The van der Waals surface area contributed by atoms with Gasteiger partial charge in [0.2, 0.25) is 0 Å². The molecule has 2 aromatic rings. The lowest BCUT2D eigenvalue weighted by molar-refractivity contribution is -0.0886. The molecule has 0 spiro atoms. The van der Waals surface area contributed by atoms with Gasteiger partial charge in [0.05, 0.1) is 29.6 Å². The van der Waals surface area contributed by atoms with E-state index in [0.717, 1.165) is 11.0 Å². The van der Waals surface area contributed by atoms with Gasteiger partial charge in [0.25, 0.3) is 0 Å². The second-order valence-corrected chi connectivity index (χ2v) is 6.75. The van der Waals surface area contributed by atoms with Crippen molar-refractivity contribution < 1.29 is 9.13 Å². The highest BCUT2D eigenvalue weighted by atomic mass is 79.9. The van der Waals surface area contributed by atoms with Crippen LogP contribution < -0.4 is 10.6 Å². The van der Waals surface area contributed by atoms with Crippen LogP contribution in [-0.4, -0.2) is 25.1 Å². The molecule has 2 aromatic carbocycles. The highest BCUT2D eigenvalue weighted by molar-refractivity contribution is 9.09. The van der Waals surface area contributed by atoms with Crippen LogP contribution in [0.25, 0.3) is 0 Å². The topological polar surface area (TPSA) is 33.3 Å². The zero-order valence-electron chi connectivity index (χ0n) is 12.4. The fraction of sp³-hybridized carbons (Fsp3) is 0.294. The van der Waals surface area contributed by atoms with E-state index in [2.05, 4.69) is 26.6 Å². The zero-order valence-corrected chi connectivity index (χ0v) is 14.8. The maximum atomic E-state index is 14.3. The summed E-state index contributed by atoms with van der Waals surface area (Å²) in [5, 5.41) is 7.72. The van der Waals surface area contributed by atoms with Crippen LogP contribution in [0, 0.1) is 11.2 Å². The molecular weight excluding hydrogens is 383 g/mol. The lowest BCUT2D eigenvalue weighted by Gasteiger charge is -2.40. The SMILES string of the molecule is Fc1cc(Nc2ccccc2Cl)ccc1NCC1(CBr)COC1. The van der Waals surface area contributed by atoms with Gasteiger partial charge in [-0.05, 0) is 30.3 Å². The molecule has 23 heavy (non-hydrogen) atoms. The van der Waals surface area contributed by atoms with Crippen molar-refractivity contribution in [1.82, 2.24) is 0 Å². The molecule has 1 saturated heterocycles. The zero-order chi connectivity index (χ0) is 16.3. The van der Waals surface area contributed by atoms with Crippen molar-refractivity contribution in [2.24, 2.45) is 5.41 Å². The Bertz CT molecular complexity index is 689. The molecule has 0 saturated carbocycles. The molecule has 3 nitrogen and oxygen atoms in total. The molecule has 3 rings (SSSR count). The van der Waals surface area contributed by atoms with E-state index in [9.17, 15) is 4.39 Å². The number of anilines is 3. The minimum Gasteiger partial charge on any atom is -0.382 e. The summed E-state index contributed by atoms with van der Waals surface area (Å²) in [5.41, 5.74) is 1.95. The summed E-state index contributed by atoms with van der Waals surface area (Å²) in [7, 11) is 0. The lowest BCUT2D eigenvalue weighted by atomic mass is 9.88. The average molecular weight is 400 g/mol. The number of alkyl halides is 1. The van der Waals surface area contributed by atoms with Crippen molar-refractivity contribution in [2.75, 3.05) is 35.7 Å². The first-order valence-electron chi connectivity index (χ1n) is 7.31. The van der Waals surface area contributed by atoms with Gasteiger partial charge in [-0.15, -0.1) is 0 Å². The molecule has 122 valence electrons. The average Bonchev–Trinajstić information content (AvgIpc) is 2.51. The molecule has 0 atom stereocenters. The van der Waals surface area contributed by atoms with E-state index >= 15 is 0 Å². The van der Waals surface area contributed by atoms with Gasteiger partial charge in [-0.2, -0.15) is 0 Å². The van der Waals surface area contributed by atoms with Crippen molar-refractivity contribution in [3.63, 3.8) is 0 Å². The normalized spacial score (nSPS) is 15.8. The number of halogens is 3. The number of hydrogen-bond donors (Lipinski definition) is 2. The summed E-state index contributed by atoms with van der Waals surface area (Å²) >= 11 is 9.59. The minimum absolute atomic E-state index is 0.0565. The van der Waals surface area contributed by atoms with Crippen LogP contribution in [0.15, 0.2) is 42.5 Å². The quantitative estimate of drug-likeness (QED) is 0.667. The molecule has 0 radical (unpaired) electrons. The number of ether oxygens (including phenoxy) is 1. The molecule has 0 unspecified atom stereocenters. The Morgan fingerprint density at radius 1 is 1.17 bits per heavy atom. The van der Waals surface area contributed by atoms with Gasteiger partial charge in [-0.1, -0.05) is 39.7 Å². The standard InChI is InChI=1S/C17H17BrClFN2O/c18-8-17(10-23-11-17)9-21-16-6-5-12(7-14(16)20)22-15-4-2-1-3-13(15)19/h1-7,21-22H,8-11H2. The van der Waals surface area contributed by atoms with E-state index in [4.69, 9.17) is 16.3 Å². The number of hydrogen-bond acceptors (Lipinski definition) is 3. The van der Waals surface area contributed by atoms with E-state index in [-0.39, 0.29) is 11.2 Å². The third-order valence-electron chi connectivity index (χ3n) is 3.88. The lowest BCUT2D eigenvalue weighted by Crippen LogP contribution is -2.49. The molecule has 0 amide bonds. The maximum Gasteiger partial charge on any atom is 0.148 e. The summed E-state index contributed by atoms with van der Waals surface area (Å²) in [4.78, 5) is 0. The molecule has 6 heteroatoms. The largest absolute Gasteiger partial charge is 0.382 e. The smallest absolute Gasteiger partial charge is 0.148 e. The molecule has 1 fully saturated rings. The summed E-state index contributed by atoms with van der Waals surface area (Å²) in [6.45, 7) is 2.06. The maximum absolute atomic E-state index is 14.3. The van der Waals surface area contributed by atoms with E-state index in [1.54, 1.807) is 12.1 Å². The van der Waals surface area contributed by atoms with Crippen LogP contribution in [0.3, 0.4) is 0 Å². The van der Waals surface area contributed by atoms with E-state index in [1.807, 2.05) is 24.3 Å². The number of nitrogens with one attached hydrogen (secondary N) is 2. The molecule has 1 heterocycles. The van der Waals surface area contributed by atoms with Gasteiger partial charge in [-0.3, -0.25) is 0 Å². The van der Waals surface area contributed by atoms with Gasteiger partial charge >= 0.3 is 0 Å². The Kier molecular flexibility index (Phi) is 5.09. The van der Waals surface area contributed by atoms with Crippen LogP contribution in [0.4, 0.5) is 21.5 Å². The first-order chi connectivity index (χ1) is 11.1. The molecule has 0 bridgehead atoms. The second-order valence-electron chi connectivity index (χ2n) is 5.78. The summed E-state index contributed by atoms with van der Waals surface area (Å²) < 4.78 is 19.5. The summed E-state index contributed by atoms with van der Waals surface area (Å²) in [6, 6.07) is 12.4. The predicted octanol–water partition coefficient (Wildman–Crippen LogP) is 5.05. The fourth-order valence-electron chi connectivity index (χ4n) is 2.35. The third-order valence-corrected chi connectivity index (χ3v) is 5.39. The van der Waals surface area contributed by atoms with E-state index < -0.39 is 0 Å². The minimum atomic E-state index is -0.299. The molecule has 0 aliphatic carbocycles. The second kappa shape index (κ2) is 7.07. The van der Waals surface area contributed by atoms with Crippen LogP contribution in [0.2, 0.25) is 5.02 Å². The van der Waals surface area contributed by atoms with Gasteiger partial charge in [0, 0.05) is 23.0 Å². The van der Waals surface area contributed by atoms with Crippen LogP contribution in [-0.2, 0) is 4.74 Å². The van der Waals surface area contributed by atoms with Gasteiger partial charge in [0.15, 0.2) is 0 Å². The van der Waals surface area contributed by atoms with Crippen molar-refractivity contribution in [2.45, 2.75) is 0 Å². The Morgan fingerprint density at radius 3 is 2.57 bits per heavy atom. The first-order valence-corrected chi connectivity index (χ1v) is 8.81. The van der Waals surface area contributed by atoms with Gasteiger partial charge in [0.1, 0.15) is 5.82 Å². The highest BCUT2D eigenvalue weighted by Gasteiger charge is 2.37. The highest BCUT2D eigenvalue weighted by Crippen LogP contribution is 2.31. The van der Waals surface area contributed by atoms with Gasteiger partial charge in [-0.25, -0.2) is 4.39 Å². The van der Waals surface area contributed by atoms with E-state index in [0.29, 0.717) is 36.2 Å². The third kappa shape index (κ3) is 3.79. The van der Waals surface area contributed by atoms with Crippen molar-refractivity contribution >= 4 is 44.6 Å². The predicted molar refractivity (Wildman–Crippen MR) is 96.7 cm³/mol. The van der Waals surface area contributed by atoms with Crippen molar-refractivity contribution in [1.29, 1.82) is 0 Å². The Balaban J connectivity index is 1.67. The number of para-hydroxylation sites is 1. The molecule has 2 N–H and O–H groups in total. The fourth-order valence-corrected chi connectivity index (χ4v) is 3.06. The Labute approximate surface area is 148 Å². The summed E-state index contributed by atoms with van der Waals surface area (Å²) in [6.07, 6.45) is 0. The van der Waals surface area contributed by atoms with E-state index in [1.165, 1.54) is 6.07 Å². The molecule has 1 aliphatic rings. The Hall–Kier alpha value is -1.30. The molecule has 0 aromatic heterocycles. The Morgan fingerprint density at radius 2 is 1.96 bits per heavy atom. The monoisotopic (exact) mass is 398 g/mol. The number of benzene rings is 2. The number of rotatable bonds is 6. The van der Waals surface area contributed by atoms with Crippen LogP contribution in [0.1, 0.15) is 0 Å². The van der Waals surface area contributed by atoms with Crippen molar-refractivity contribution in [3.05, 3.63) is 53.3 Å². The molecular formula is C17H17BrClFN2O. The summed E-state index contributed by atoms with van der Waals surface area (Å²) in [5.74, 6) is -0.299. The van der Waals surface area contributed by atoms with Gasteiger partial charge < -0.3 is 15.4 Å². The molecule has 1 aliphatic heterocycles.